The van der Waals surface area contributed by atoms with E-state index in [9.17, 15) is 4.79 Å². The van der Waals surface area contributed by atoms with Crippen molar-refractivity contribution in [2.75, 3.05) is 33.4 Å². The average molecular weight is 554 g/mol. The van der Waals surface area contributed by atoms with Crippen LogP contribution in [0.25, 0.3) is 0 Å². The minimum Gasteiger partial charge on any atom is -0.491 e. The van der Waals surface area contributed by atoms with Gasteiger partial charge in [-0.25, -0.2) is 4.99 Å². The van der Waals surface area contributed by atoms with Crippen molar-refractivity contribution in [2.24, 2.45) is 4.99 Å². The number of amides is 1. The molecular formula is C24H35IN4O3. The van der Waals surface area contributed by atoms with Crippen molar-refractivity contribution in [1.82, 2.24) is 16.0 Å². The molecule has 176 valence electrons. The highest BCUT2D eigenvalue weighted by atomic mass is 127. The fourth-order valence-electron chi connectivity index (χ4n) is 2.89. The number of rotatable bonds is 11. The second-order valence-corrected chi connectivity index (χ2v) is 7.06. The molecule has 0 aliphatic rings. The van der Waals surface area contributed by atoms with Crippen molar-refractivity contribution < 1.29 is 14.3 Å². The maximum Gasteiger partial charge on any atom is 0.251 e. The molecule has 2 rings (SSSR count). The van der Waals surface area contributed by atoms with Crippen LogP contribution in [-0.2, 0) is 17.8 Å². The quantitative estimate of drug-likeness (QED) is 0.171. The molecule has 0 aliphatic carbocycles. The SMILES string of the molecule is CCNC(=O)c1ccc(CN=C(NCC)NCc2ccc(C)cc2OCCOC)cc1.I. The van der Waals surface area contributed by atoms with Crippen molar-refractivity contribution in [3.05, 3.63) is 64.7 Å². The van der Waals surface area contributed by atoms with Gasteiger partial charge in [0.1, 0.15) is 12.4 Å². The fraction of sp³-hybridized carbons (Fsp3) is 0.417. The maximum absolute atomic E-state index is 11.9. The van der Waals surface area contributed by atoms with Gasteiger partial charge in [0.15, 0.2) is 5.96 Å². The number of aliphatic imine (C=N–C) groups is 1. The van der Waals surface area contributed by atoms with Crippen LogP contribution < -0.4 is 20.7 Å². The second-order valence-electron chi connectivity index (χ2n) is 7.06. The number of hydrogen-bond donors (Lipinski definition) is 3. The first-order valence-electron chi connectivity index (χ1n) is 10.7. The lowest BCUT2D eigenvalue weighted by Gasteiger charge is -2.15. The zero-order chi connectivity index (χ0) is 22.5. The van der Waals surface area contributed by atoms with Crippen molar-refractivity contribution in [3.8, 4) is 5.75 Å². The van der Waals surface area contributed by atoms with E-state index in [1.54, 1.807) is 7.11 Å². The number of carbonyl (C=O) groups is 1. The molecule has 0 unspecified atom stereocenters. The van der Waals surface area contributed by atoms with Crippen molar-refractivity contribution >= 4 is 35.8 Å². The van der Waals surface area contributed by atoms with Crippen molar-refractivity contribution in [3.63, 3.8) is 0 Å². The number of ether oxygens (including phenoxy) is 2. The summed E-state index contributed by atoms with van der Waals surface area (Å²) in [7, 11) is 1.66. The number of halogens is 1. The van der Waals surface area contributed by atoms with Crippen LogP contribution in [0.3, 0.4) is 0 Å². The minimum absolute atomic E-state index is 0. The molecule has 7 nitrogen and oxygen atoms in total. The van der Waals surface area contributed by atoms with Crippen molar-refractivity contribution in [1.29, 1.82) is 0 Å². The molecule has 2 aromatic carbocycles. The first kappa shape index (κ1) is 27.7. The number of nitrogens with one attached hydrogen (secondary N) is 3. The van der Waals surface area contributed by atoms with Gasteiger partial charge in [0.05, 0.1) is 13.2 Å². The third kappa shape index (κ3) is 9.44. The summed E-state index contributed by atoms with van der Waals surface area (Å²) in [4.78, 5) is 16.5. The maximum atomic E-state index is 11.9. The number of nitrogens with zero attached hydrogens (tertiary/aromatic N) is 1. The first-order valence-corrected chi connectivity index (χ1v) is 10.7. The van der Waals surface area contributed by atoms with Gasteiger partial charge in [-0.1, -0.05) is 24.3 Å². The molecule has 1 amide bonds. The number of hydrogen-bond acceptors (Lipinski definition) is 4. The van der Waals surface area contributed by atoms with E-state index < -0.39 is 0 Å². The lowest BCUT2D eigenvalue weighted by Crippen LogP contribution is -2.36. The smallest absolute Gasteiger partial charge is 0.251 e. The summed E-state index contributed by atoms with van der Waals surface area (Å²) < 4.78 is 10.9. The third-order valence-corrected chi connectivity index (χ3v) is 4.53. The molecule has 0 atom stereocenters. The number of guanidine groups is 1. The normalized spacial score (nSPS) is 10.8. The molecule has 0 spiro atoms. The minimum atomic E-state index is -0.0609. The summed E-state index contributed by atoms with van der Waals surface area (Å²) in [6, 6.07) is 13.7. The zero-order valence-electron chi connectivity index (χ0n) is 19.4. The van der Waals surface area contributed by atoms with Gasteiger partial charge in [-0.15, -0.1) is 24.0 Å². The van der Waals surface area contributed by atoms with Crippen LogP contribution in [0.4, 0.5) is 0 Å². The summed E-state index contributed by atoms with van der Waals surface area (Å²) in [6.45, 7) is 9.50. The molecule has 32 heavy (non-hydrogen) atoms. The Morgan fingerprint density at radius 1 is 0.969 bits per heavy atom. The van der Waals surface area contributed by atoms with Gasteiger partial charge in [-0.05, 0) is 50.1 Å². The predicted molar refractivity (Wildman–Crippen MR) is 140 cm³/mol. The molecule has 3 N–H and O–H groups in total. The number of carbonyl (C=O) groups excluding carboxylic acids is 1. The van der Waals surface area contributed by atoms with Crippen LogP contribution in [0.2, 0.25) is 0 Å². The average Bonchev–Trinajstić information content (AvgIpc) is 2.77. The predicted octanol–water partition coefficient (Wildman–Crippen LogP) is 3.64. The topological polar surface area (TPSA) is 84.0 Å². The molecule has 0 heterocycles. The molecular weight excluding hydrogens is 519 g/mol. The summed E-state index contributed by atoms with van der Waals surface area (Å²) in [5.74, 6) is 1.51. The van der Waals surface area contributed by atoms with E-state index in [0.717, 1.165) is 34.9 Å². The van der Waals surface area contributed by atoms with Gasteiger partial charge in [0.2, 0.25) is 0 Å². The molecule has 8 heteroatoms. The Labute approximate surface area is 208 Å². The monoisotopic (exact) mass is 554 g/mol. The summed E-state index contributed by atoms with van der Waals surface area (Å²) in [5.41, 5.74) is 3.88. The lowest BCUT2D eigenvalue weighted by atomic mass is 10.1. The largest absolute Gasteiger partial charge is 0.491 e. The fourth-order valence-corrected chi connectivity index (χ4v) is 2.89. The molecule has 0 saturated carbocycles. The summed E-state index contributed by atoms with van der Waals surface area (Å²) in [6.07, 6.45) is 0. The Hall–Kier alpha value is -2.33. The number of benzene rings is 2. The molecule has 0 fully saturated rings. The van der Waals surface area contributed by atoms with Crippen LogP contribution in [0.5, 0.6) is 5.75 Å². The van der Waals surface area contributed by atoms with E-state index in [4.69, 9.17) is 9.47 Å². The molecule has 0 radical (unpaired) electrons. The summed E-state index contributed by atoms with van der Waals surface area (Å²) in [5, 5.41) is 9.43. The summed E-state index contributed by atoms with van der Waals surface area (Å²) >= 11 is 0. The standard InChI is InChI=1S/C24H34N4O3.HI/c1-5-25-23(29)20-11-8-19(9-12-20)16-27-24(26-6-2)28-17-21-10-7-18(3)15-22(21)31-14-13-30-4;/h7-12,15H,5-6,13-14,16-17H2,1-4H3,(H,25,29)(H2,26,27,28);1H. The van der Waals surface area contributed by atoms with E-state index in [2.05, 4.69) is 33.1 Å². The van der Waals surface area contributed by atoms with E-state index in [1.807, 2.05) is 51.1 Å². The van der Waals surface area contributed by atoms with Gasteiger partial charge >= 0.3 is 0 Å². The molecule has 0 aromatic heterocycles. The Bertz CT molecular complexity index is 857. The van der Waals surface area contributed by atoms with Gasteiger partial charge < -0.3 is 25.4 Å². The van der Waals surface area contributed by atoms with E-state index >= 15 is 0 Å². The van der Waals surface area contributed by atoms with Crippen LogP contribution in [0.1, 0.15) is 40.9 Å². The molecule has 2 aromatic rings. The highest BCUT2D eigenvalue weighted by Gasteiger charge is 2.07. The van der Waals surface area contributed by atoms with Crippen LogP contribution >= 0.6 is 24.0 Å². The zero-order valence-corrected chi connectivity index (χ0v) is 21.7. The second kappa shape index (κ2) is 15.5. The Morgan fingerprint density at radius 2 is 1.69 bits per heavy atom. The van der Waals surface area contributed by atoms with Gasteiger partial charge in [0, 0.05) is 37.9 Å². The van der Waals surface area contributed by atoms with Gasteiger partial charge in [-0.3, -0.25) is 4.79 Å². The van der Waals surface area contributed by atoms with Crippen molar-refractivity contribution in [2.45, 2.75) is 33.9 Å². The molecule has 0 aliphatic heterocycles. The van der Waals surface area contributed by atoms with Crippen LogP contribution in [0, 0.1) is 6.92 Å². The highest BCUT2D eigenvalue weighted by Crippen LogP contribution is 2.20. The van der Waals surface area contributed by atoms with E-state index in [1.165, 1.54) is 0 Å². The number of aryl methyl sites for hydroxylation is 1. The Balaban J connectivity index is 0.00000512. The van der Waals surface area contributed by atoms with Crippen LogP contribution in [-0.4, -0.2) is 45.3 Å². The molecule has 0 bridgehead atoms. The lowest BCUT2D eigenvalue weighted by molar-refractivity contribution is 0.0956. The van der Waals surface area contributed by atoms with Gasteiger partial charge in [-0.2, -0.15) is 0 Å². The highest BCUT2D eigenvalue weighted by molar-refractivity contribution is 14.0. The van der Waals surface area contributed by atoms with E-state index in [0.29, 0.717) is 38.4 Å². The Morgan fingerprint density at radius 3 is 2.34 bits per heavy atom. The van der Waals surface area contributed by atoms with Crippen LogP contribution in [0.15, 0.2) is 47.5 Å². The molecule has 0 saturated heterocycles. The third-order valence-electron chi connectivity index (χ3n) is 4.53. The van der Waals surface area contributed by atoms with Gasteiger partial charge in [0.25, 0.3) is 5.91 Å². The number of methoxy groups -OCH3 is 1. The Kier molecular flexibility index (Phi) is 13.4. The van der Waals surface area contributed by atoms with E-state index in [-0.39, 0.29) is 29.9 Å². The first-order chi connectivity index (χ1) is 15.1.